The molecule has 1 aliphatic rings. The molecule has 0 bridgehead atoms. The van der Waals surface area contributed by atoms with E-state index in [1.807, 2.05) is 41.3 Å². The third kappa shape index (κ3) is 5.20. The fraction of sp³-hybridized carbons (Fsp3) is 0.222. The van der Waals surface area contributed by atoms with Crippen LogP contribution in [0.1, 0.15) is 24.0 Å². The molecule has 1 heterocycles. The van der Waals surface area contributed by atoms with Crippen LogP contribution in [0.25, 0.3) is 17.2 Å². The number of benzene rings is 3. The number of likely N-dealkylation sites (tertiary alicyclic amines) is 1. The molecule has 0 spiro atoms. The van der Waals surface area contributed by atoms with Crippen molar-refractivity contribution in [2.45, 2.75) is 19.3 Å². The quantitative estimate of drug-likeness (QED) is 0.435. The van der Waals surface area contributed by atoms with Gasteiger partial charge in [-0.05, 0) is 59.6 Å². The third-order valence-corrected chi connectivity index (χ3v) is 6.17. The molecule has 1 aliphatic heterocycles. The summed E-state index contributed by atoms with van der Waals surface area (Å²) in [6.45, 7) is 1.64. The van der Waals surface area contributed by atoms with Crippen LogP contribution in [0, 0.1) is 5.92 Å². The predicted molar refractivity (Wildman–Crippen MR) is 125 cm³/mol. The maximum atomic E-state index is 12.5. The monoisotopic (exact) mass is 415 g/mol. The minimum atomic E-state index is 0.0700. The lowest BCUT2D eigenvalue weighted by Gasteiger charge is -2.31. The second-order valence-electron chi connectivity index (χ2n) is 7.89. The van der Waals surface area contributed by atoms with E-state index in [0.717, 1.165) is 37.9 Å². The Balaban J connectivity index is 1.28. The number of nitrogens with zero attached hydrogens (tertiary/aromatic N) is 1. The van der Waals surface area contributed by atoms with E-state index in [4.69, 9.17) is 11.6 Å². The van der Waals surface area contributed by atoms with Gasteiger partial charge in [-0.3, -0.25) is 4.79 Å². The highest BCUT2D eigenvalue weighted by atomic mass is 35.5. The van der Waals surface area contributed by atoms with Gasteiger partial charge in [0.25, 0.3) is 0 Å². The van der Waals surface area contributed by atoms with E-state index in [-0.39, 0.29) is 5.91 Å². The Morgan fingerprint density at radius 2 is 1.50 bits per heavy atom. The first-order valence-electron chi connectivity index (χ1n) is 10.5. The highest BCUT2D eigenvalue weighted by Crippen LogP contribution is 2.25. The molecule has 0 saturated carbocycles. The van der Waals surface area contributed by atoms with E-state index in [1.54, 1.807) is 6.08 Å². The van der Waals surface area contributed by atoms with Crippen molar-refractivity contribution >= 4 is 23.6 Å². The Kier molecular flexibility index (Phi) is 6.66. The van der Waals surface area contributed by atoms with Crippen molar-refractivity contribution in [2.24, 2.45) is 5.92 Å². The lowest BCUT2D eigenvalue weighted by Crippen LogP contribution is -2.37. The van der Waals surface area contributed by atoms with Crippen LogP contribution in [0.2, 0.25) is 5.02 Å². The molecule has 1 fully saturated rings. The molecule has 0 aliphatic carbocycles. The molecule has 1 amide bonds. The summed E-state index contributed by atoms with van der Waals surface area (Å²) < 4.78 is 0. The molecule has 0 aromatic heterocycles. The van der Waals surface area contributed by atoms with Crippen molar-refractivity contribution in [2.75, 3.05) is 13.1 Å². The number of amides is 1. The molecule has 4 rings (SSSR count). The predicted octanol–water partition coefficient (Wildman–Crippen LogP) is 6.50. The minimum Gasteiger partial charge on any atom is -0.339 e. The molecule has 0 N–H and O–H groups in total. The van der Waals surface area contributed by atoms with E-state index in [0.29, 0.717) is 10.9 Å². The fourth-order valence-electron chi connectivity index (χ4n) is 4.03. The Bertz CT molecular complexity index is 1000. The van der Waals surface area contributed by atoms with Crippen LogP contribution in [0.3, 0.4) is 0 Å². The van der Waals surface area contributed by atoms with Crippen LogP contribution < -0.4 is 0 Å². The van der Waals surface area contributed by atoms with Gasteiger partial charge in [-0.2, -0.15) is 0 Å². The normalized spacial score (nSPS) is 14.9. The Labute approximate surface area is 183 Å². The first-order chi connectivity index (χ1) is 14.7. The first-order valence-corrected chi connectivity index (χ1v) is 10.9. The average molecular weight is 416 g/mol. The summed E-state index contributed by atoms with van der Waals surface area (Å²) in [4.78, 5) is 14.5. The number of rotatable bonds is 5. The zero-order chi connectivity index (χ0) is 20.8. The van der Waals surface area contributed by atoms with E-state index in [1.165, 1.54) is 16.7 Å². The summed E-state index contributed by atoms with van der Waals surface area (Å²) in [5.41, 5.74) is 4.75. The highest BCUT2D eigenvalue weighted by molar-refractivity contribution is 6.32. The maximum Gasteiger partial charge on any atom is 0.246 e. The Morgan fingerprint density at radius 3 is 2.20 bits per heavy atom. The van der Waals surface area contributed by atoms with Gasteiger partial charge in [0.05, 0.1) is 0 Å². The van der Waals surface area contributed by atoms with Crippen LogP contribution in [-0.2, 0) is 11.2 Å². The standard InChI is InChI=1S/C27H26ClNO/c28-26-9-5-4-8-25(26)14-15-27(30)29-18-16-22(17-19-29)20-21-10-12-24(13-11-21)23-6-2-1-3-7-23/h1-15,22H,16-20H2. The third-order valence-electron chi connectivity index (χ3n) is 5.82. The number of piperidine rings is 1. The molecule has 2 nitrogen and oxygen atoms in total. The molecule has 0 unspecified atom stereocenters. The number of carbonyl (C=O) groups is 1. The van der Waals surface area contributed by atoms with Crippen molar-refractivity contribution < 1.29 is 4.79 Å². The number of halogens is 1. The summed E-state index contributed by atoms with van der Waals surface area (Å²) in [5.74, 6) is 0.699. The number of hydrogen-bond acceptors (Lipinski definition) is 1. The summed E-state index contributed by atoms with van der Waals surface area (Å²) in [7, 11) is 0. The number of carbonyl (C=O) groups excluding carboxylic acids is 1. The van der Waals surface area contributed by atoms with Crippen LogP contribution >= 0.6 is 11.6 Å². The van der Waals surface area contributed by atoms with E-state index >= 15 is 0 Å². The largest absolute Gasteiger partial charge is 0.339 e. The van der Waals surface area contributed by atoms with E-state index < -0.39 is 0 Å². The minimum absolute atomic E-state index is 0.0700. The maximum absolute atomic E-state index is 12.5. The summed E-state index contributed by atoms with van der Waals surface area (Å²) in [6, 6.07) is 26.9. The zero-order valence-electron chi connectivity index (χ0n) is 17.0. The summed E-state index contributed by atoms with van der Waals surface area (Å²) >= 11 is 6.16. The summed E-state index contributed by atoms with van der Waals surface area (Å²) in [5, 5.41) is 0.665. The molecule has 152 valence electrons. The molecular formula is C27H26ClNO. The van der Waals surface area contributed by atoms with Gasteiger partial charge in [-0.1, -0.05) is 84.4 Å². The van der Waals surface area contributed by atoms with Crippen molar-refractivity contribution in [1.82, 2.24) is 4.90 Å². The Morgan fingerprint density at radius 1 is 0.867 bits per heavy atom. The van der Waals surface area contributed by atoms with Gasteiger partial charge in [-0.25, -0.2) is 0 Å². The SMILES string of the molecule is O=C(C=Cc1ccccc1Cl)N1CCC(Cc2ccc(-c3ccccc3)cc2)CC1. The van der Waals surface area contributed by atoms with Crippen LogP contribution in [0.5, 0.6) is 0 Å². The lowest BCUT2D eigenvalue weighted by atomic mass is 9.89. The second-order valence-corrected chi connectivity index (χ2v) is 8.30. The van der Waals surface area contributed by atoms with Gasteiger partial charge >= 0.3 is 0 Å². The molecule has 0 atom stereocenters. The highest BCUT2D eigenvalue weighted by Gasteiger charge is 2.21. The van der Waals surface area contributed by atoms with Gasteiger partial charge in [0, 0.05) is 24.2 Å². The first kappa shape index (κ1) is 20.4. The average Bonchev–Trinajstić information content (AvgIpc) is 2.80. The van der Waals surface area contributed by atoms with Crippen molar-refractivity contribution in [3.05, 3.63) is 101 Å². The molecule has 3 aromatic carbocycles. The molecular weight excluding hydrogens is 390 g/mol. The molecule has 1 saturated heterocycles. The van der Waals surface area contributed by atoms with Gasteiger partial charge in [-0.15, -0.1) is 0 Å². The van der Waals surface area contributed by atoms with Crippen LogP contribution in [0.15, 0.2) is 84.9 Å². The molecule has 30 heavy (non-hydrogen) atoms. The van der Waals surface area contributed by atoms with Crippen LogP contribution in [0.4, 0.5) is 0 Å². The molecule has 3 heteroatoms. The fourth-order valence-corrected chi connectivity index (χ4v) is 4.23. The van der Waals surface area contributed by atoms with Crippen LogP contribution in [-0.4, -0.2) is 23.9 Å². The Hall–Kier alpha value is -2.84. The smallest absolute Gasteiger partial charge is 0.246 e. The lowest BCUT2D eigenvalue weighted by molar-refractivity contribution is -0.127. The second kappa shape index (κ2) is 9.77. The topological polar surface area (TPSA) is 20.3 Å². The van der Waals surface area contributed by atoms with Gasteiger partial charge in [0.15, 0.2) is 0 Å². The van der Waals surface area contributed by atoms with E-state index in [2.05, 4.69) is 48.5 Å². The number of hydrogen-bond donors (Lipinski definition) is 0. The van der Waals surface area contributed by atoms with Crippen molar-refractivity contribution in [3.63, 3.8) is 0 Å². The molecule has 3 aromatic rings. The molecule has 0 radical (unpaired) electrons. The van der Waals surface area contributed by atoms with Gasteiger partial charge in [0.1, 0.15) is 0 Å². The summed E-state index contributed by atoms with van der Waals surface area (Å²) in [6.07, 6.45) is 6.62. The van der Waals surface area contributed by atoms with Crippen molar-refractivity contribution in [3.8, 4) is 11.1 Å². The van der Waals surface area contributed by atoms with Gasteiger partial charge < -0.3 is 4.90 Å². The zero-order valence-corrected chi connectivity index (χ0v) is 17.8. The van der Waals surface area contributed by atoms with Crippen molar-refractivity contribution in [1.29, 1.82) is 0 Å². The van der Waals surface area contributed by atoms with Gasteiger partial charge in [0.2, 0.25) is 5.91 Å². The van der Waals surface area contributed by atoms with E-state index in [9.17, 15) is 4.79 Å².